The molecule has 2 unspecified atom stereocenters. The summed E-state index contributed by atoms with van der Waals surface area (Å²) in [6, 6.07) is 23.1. The summed E-state index contributed by atoms with van der Waals surface area (Å²) in [5.41, 5.74) is 2.62. The standard InChI is InChI=1S/C30H50O6S3Si2/c1-7-31-40(32-8-2,33-9-3)25-23-29(27-19-15-13-16-20-27)37-39-38-30(28-21-17-14-18-22-28)24-26-41(34-10-4,35-11-5)36-12-6/h13-22,29-30H,7-12,23-26H2,1-6H3. The molecule has 11 heteroatoms. The Balaban J connectivity index is 2.18. The number of hydrogen-bond donors (Lipinski definition) is 0. The van der Waals surface area contributed by atoms with Crippen molar-refractivity contribution in [3.63, 3.8) is 0 Å². The normalized spacial score (nSPS) is 13.8. The van der Waals surface area contributed by atoms with Crippen molar-refractivity contribution >= 4 is 49.0 Å². The van der Waals surface area contributed by atoms with Crippen LogP contribution in [0, 0.1) is 0 Å². The second-order valence-electron chi connectivity index (χ2n) is 9.10. The Labute approximate surface area is 262 Å². The molecule has 2 atom stereocenters. The minimum Gasteiger partial charge on any atom is -0.374 e. The van der Waals surface area contributed by atoms with Crippen LogP contribution in [-0.4, -0.2) is 57.3 Å². The van der Waals surface area contributed by atoms with E-state index in [1.807, 2.05) is 73.0 Å². The van der Waals surface area contributed by atoms with Crippen LogP contribution >= 0.6 is 31.4 Å². The molecule has 2 rings (SSSR count). The molecule has 0 saturated carbocycles. The molecule has 0 spiro atoms. The number of rotatable bonds is 24. The van der Waals surface area contributed by atoms with E-state index >= 15 is 0 Å². The van der Waals surface area contributed by atoms with Gasteiger partial charge in [0.25, 0.3) is 0 Å². The van der Waals surface area contributed by atoms with Gasteiger partial charge in [0, 0.05) is 62.2 Å². The van der Waals surface area contributed by atoms with Crippen molar-refractivity contribution in [2.45, 2.75) is 77.0 Å². The average molecular weight is 659 g/mol. The Morgan fingerprint density at radius 3 is 1.05 bits per heavy atom. The largest absolute Gasteiger partial charge is 0.500 e. The molecule has 0 aliphatic heterocycles. The second-order valence-corrected chi connectivity index (χ2v) is 19.0. The van der Waals surface area contributed by atoms with Crippen molar-refractivity contribution in [3.8, 4) is 0 Å². The smallest absolute Gasteiger partial charge is 0.374 e. The van der Waals surface area contributed by atoms with E-state index in [4.69, 9.17) is 26.6 Å². The van der Waals surface area contributed by atoms with Gasteiger partial charge < -0.3 is 26.6 Å². The molecule has 0 heterocycles. The van der Waals surface area contributed by atoms with Gasteiger partial charge in [-0.05, 0) is 75.3 Å². The molecule has 232 valence electrons. The van der Waals surface area contributed by atoms with Gasteiger partial charge in [0.2, 0.25) is 0 Å². The topological polar surface area (TPSA) is 55.4 Å². The van der Waals surface area contributed by atoms with E-state index < -0.39 is 17.6 Å². The quantitative estimate of drug-likeness (QED) is 0.0811. The van der Waals surface area contributed by atoms with E-state index in [2.05, 4.69) is 60.7 Å². The lowest BCUT2D eigenvalue weighted by molar-refractivity contribution is 0.0700. The lowest BCUT2D eigenvalue weighted by Gasteiger charge is -2.30. The molecule has 2 aromatic rings. The summed E-state index contributed by atoms with van der Waals surface area (Å²) < 4.78 is 37.0. The third-order valence-electron chi connectivity index (χ3n) is 6.26. The molecule has 0 fully saturated rings. The molecule has 0 aliphatic rings. The fourth-order valence-electron chi connectivity index (χ4n) is 4.61. The molecule has 0 aliphatic carbocycles. The molecule has 2 aromatic carbocycles. The maximum Gasteiger partial charge on any atom is 0.500 e. The monoisotopic (exact) mass is 658 g/mol. The molecule has 0 radical (unpaired) electrons. The zero-order valence-corrected chi connectivity index (χ0v) is 30.1. The van der Waals surface area contributed by atoms with Crippen LogP contribution in [0.3, 0.4) is 0 Å². The van der Waals surface area contributed by atoms with Crippen LogP contribution in [0.4, 0.5) is 0 Å². The summed E-state index contributed by atoms with van der Waals surface area (Å²) in [5, 5.41) is 0.559. The van der Waals surface area contributed by atoms with Gasteiger partial charge in [0.1, 0.15) is 0 Å². The highest BCUT2D eigenvalue weighted by molar-refractivity contribution is 9.09. The zero-order chi connectivity index (χ0) is 29.8. The van der Waals surface area contributed by atoms with E-state index in [1.165, 1.54) is 11.1 Å². The third kappa shape index (κ3) is 13.1. The maximum atomic E-state index is 6.16. The highest BCUT2D eigenvalue weighted by Crippen LogP contribution is 2.53. The Morgan fingerprint density at radius 2 is 0.780 bits per heavy atom. The molecular formula is C30H50O6S3Si2. The summed E-state index contributed by atoms with van der Waals surface area (Å²) >= 11 is 0. The predicted molar refractivity (Wildman–Crippen MR) is 181 cm³/mol. The average Bonchev–Trinajstić information content (AvgIpc) is 2.98. The first-order valence-electron chi connectivity index (χ1n) is 14.9. The summed E-state index contributed by atoms with van der Waals surface area (Å²) in [5.74, 6) is 0. The van der Waals surface area contributed by atoms with Crippen molar-refractivity contribution in [2.75, 3.05) is 39.6 Å². The van der Waals surface area contributed by atoms with E-state index in [1.54, 1.807) is 0 Å². The fourth-order valence-corrected chi connectivity index (χ4v) is 15.6. The Kier molecular flexibility index (Phi) is 19.2. The highest BCUT2D eigenvalue weighted by Gasteiger charge is 2.42. The summed E-state index contributed by atoms with van der Waals surface area (Å²) in [4.78, 5) is 0. The molecular weight excluding hydrogens is 609 g/mol. The molecule has 0 amide bonds. The lowest BCUT2D eigenvalue weighted by Crippen LogP contribution is -2.46. The maximum absolute atomic E-state index is 6.16. The van der Waals surface area contributed by atoms with Gasteiger partial charge in [-0.2, -0.15) is 0 Å². The van der Waals surface area contributed by atoms with Crippen LogP contribution in [0.1, 0.15) is 76.0 Å². The van der Waals surface area contributed by atoms with Gasteiger partial charge >= 0.3 is 17.6 Å². The number of benzene rings is 2. The van der Waals surface area contributed by atoms with Crippen LogP contribution in [0.5, 0.6) is 0 Å². The van der Waals surface area contributed by atoms with Crippen LogP contribution in [0.25, 0.3) is 0 Å². The van der Waals surface area contributed by atoms with Gasteiger partial charge in [-0.25, -0.2) is 0 Å². The minimum atomic E-state index is -2.73. The van der Waals surface area contributed by atoms with E-state index in [0.717, 1.165) is 24.9 Å². The zero-order valence-electron chi connectivity index (χ0n) is 25.7. The Morgan fingerprint density at radius 1 is 0.488 bits per heavy atom. The SMILES string of the molecule is CCO[Si](CCC(SSSC(CC[Si](OCC)(OCC)OCC)c1ccccc1)c1ccccc1)(OCC)OCC. The molecule has 41 heavy (non-hydrogen) atoms. The van der Waals surface area contributed by atoms with E-state index in [-0.39, 0.29) is 10.5 Å². The summed E-state index contributed by atoms with van der Waals surface area (Å²) in [6.45, 7) is 15.6. The van der Waals surface area contributed by atoms with Crippen molar-refractivity contribution in [3.05, 3.63) is 71.8 Å². The van der Waals surface area contributed by atoms with E-state index in [0.29, 0.717) is 39.6 Å². The van der Waals surface area contributed by atoms with Gasteiger partial charge in [0.05, 0.1) is 0 Å². The van der Waals surface area contributed by atoms with Crippen LogP contribution in [0.15, 0.2) is 60.7 Å². The summed E-state index contributed by atoms with van der Waals surface area (Å²) in [6.07, 6.45) is 1.83. The van der Waals surface area contributed by atoms with Crippen molar-refractivity contribution < 1.29 is 26.6 Å². The van der Waals surface area contributed by atoms with Crippen LogP contribution in [-0.2, 0) is 26.6 Å². The first-order chi connectivity index (χ1) is 20.0. The highest BCUT2D eigenvalue weighted by atomic mass is 33.5. The van der Waals surface area contributed by atoms with Crippen LogP contribution < -0.4 is 0 Å². The number of hydrogen-bond acceptors (Lipinski definition) is 9. The predicted octanol–water partition coefficient (Wildman–Crippen LogP) is 9.38. The molecule has 6 nitrogen and oxygen atoms in total. The van der Waals surface area contributed by atoms with Crippen LogP contribution in [0.2, 0.25) is 12.1 Å². The van der Waals surface area contributed by atoms with Gasteiger partial charge in [-0.3, -0.25) is 0 Å². The molecule has 0 saturated heterocycles. The Hall–Kier alpha value is -0.316. The van der Waals surface area contributed by atoms with Gasteiger partial charge in [-0.15, -0.1) is 0 Å². The third-order valence-corrected chi connectivity index (χ3v) is 17.4. The second kappa shape index (κ2) is 21.4. The molecule has 0 aromatic heterocycles. The molecule has 0 bridgehead atoms. The van der Waals surface area contributed by atoms with Crippen molar-refractivity contribution in [2.24, 2.45) is 0 Å². The minimum absolute atomic E-state index is 0.280. The Bertz CT molecular complexity index is 808. The first kappa shape index (κ1) is 36.9. The van der Waals surface area contributed by atoms with Gasteiger partial charge in [0.15, 0.2) is 0 Å². The first-order valence-corrected chi connectivity index (χ1v) is 22.4. The fraction of sp³-hybridized carbons (Fsp3) is 0.600. The van der Waals surface area contributed by atoms with Crippen molar-refractivity contribution in [1.29, 1.82) is 0 Å². The van der Waals surface area contributed by atoms with Gasteiger partial charge in [-0.1, -0.05) is 82.3 Å². The van der Waals surface area contributed by atoms with Crippen molar-refractivity contribution in [1.82, 2.24) is 0 Å². The lowest BCUT2D eigenvalue weighted by atomic mass is 10.1. The van der Waals surface area contributed by atoms with E-state index in [9.17, 15) is 0 Å². The summed E-state index contributed by atoms with van der Waals surface area (Å²) in [7, 11) is 0.221. The molecule has 0 N–H and O–H groups in total.